The van der Waals surface area contributed by atoms with Gasteiger partial charge < -0.3 is 5.11 Å². The quantitative estimate of drug-likeness (QED) is 0.842. The fourth-order valence-electron chi connectivity index (χ4n) is 3.10. The van der Waals surface area contributed by atoms with Crippen molar-refractivity contribution in [1.29, 1.82) is 0 Å². The van der Waals surface area contributed by atoms with Crippen molar-refractivity contribution in [1.82, 2.24) is 4.90 Å². The van der Waals surface area contributed by atoms with E-state index in [9.17, 15) is 9.32 Å². The van der Waals surface area contributed by atoms with Gasteiger partial charge in [0.15, 0.2) is 0 Å². The Morgan fingerprint density at radius 3 is 2.83 bits per heavy atom. The SMILES string of the molecule is O=S1CCN(C2CCCc3ccc(O)cc32)CC1. The predicted octanol–water partition coefficient (Wildman–Crippen LogP) is 1.83. The van der Waals surface area contributed by atoms with E-state index in [0.717, 1.165) is 37.4 Å². The van der Waals surface area contributed by atoms with Gasteiger partial charge in [0.2, 0.25) is 0 Å². The maximum Gasteiger partial charge on any atom is 0.115 e. The summed E-state index contributed by atoms with van der Waals surface area (Å²) >= 11 is 0. The van der Waals surface area contributed by atoms with Crippen LogP contribution in [0.4, 0.5) is 0 Å². The molecule has 98 valence electrons. The Labute approximate surface area is 110 Å². The van der Waals surface area contributed by atoms with E-state index in [1.165, 1.54) is 17.5 Å². The number of nitrogens with zero attached hydrogens (tertiary/aromatic N) is 1. The van der Waals surface area contributed by atoms with E-state index >= 15 is 0 Å². The molecule has 1 fully saturated rings. The monoisotopic (exact) mass is 265 g/mol. The summed E-state index contributed by atoms with van der Waals surface area (Å²) in [6.45, 7) is 1.85. The van der Waals surface area contributed by atoms with Crippen LogP contribution in [0.5, 0.6) is 5.75 Å². The normalized spacial score (nSPS) is 25.9. The molecule has 0 bridgehead atoms. The number of fused-ring (bicyclic) bond motifs is 1. The number of rotatable bonds is 1. The second kappa shape index (κ2) is 5.02. The van der Waals surface area contributed by atoms with Gasteiger partial charge in [-0.25, -0.2) is 0 Å². The molecule has 1 unspecified atom stereocenters. The average molecular weight is 265 g/mol. The predicted molar refractivity (Wildman–Crippen MR) is 73.2 cm³/mol. The number of phenols is 1. The topological polar surface area (TPSA) is 40.5 Å². The van der Waals surface area contributed by atoms with E-state index in [1.54, 1.807) is 6.07 Å². The summed E-state index contributed by atoms with van der Waals surface area (Å²) in [7, 11) is -0.619. The third-order valence-corrected chi connectivity index (χ3v) is 5.34. The molecule has 1 aliphatic heterocycles. The Bertz CT molecular complexity index is 465. The Morgan fingerprint density at radius 2 is 2.06 bits per heavy atom. The molecule has 2 aliphatic rings. The third-order valence-electron chi connectivity index (χ3n) is 4.07. The smallest absolute Gasteiger partial charge is 0.115 e. The first-order chi connectivity index (χ1) is 8.74. The Hall–Kier alpha value is -0.870. The number of aryl methyl sites for hydroxylation is 1. The molecule has 1 atom stereocenters. The summed E-state index contributed by atoms with van der Waals surface area (Å²) in [5, 5.41) is 9.68. The zero-order chi connectivity index (χ0) is 12.5. The first-order valence-electron chi connectivity index (χ1n) is 6.65. The maximum atomic E-state index is 11.4. The molecule has 3 nitrogen and oxygen atoms in total. The van der Waals surface area contributed by atoms with Crippen LogP contribution in [0.15, 0.2) is 18.2 Å². The van der Waals surface area contributed by atoms with E-state index in [4.69, 9.17) is 0 Å². The summed E-state index contributed by atoms with van der Waals surface area (Å²) in [5.74, 6) is 1.95. The second-order valence-electron chi connectivity index (χ2n) is 5.18. The van der Waals surface area contributed by atoms with Crippen molar-refractivity contribution < 1.29 is 9.32 Å². The minimum atomic E-state index is -0.619. The fraction of sp³-hybridized carbons (Fsp3) is 0.571. The molecule has 1 N–H and O–H groups in total. The standard InChI is InChI=1S/C14H19NO2S/c16-12-5-4-11-2-1-3-14(13(11)10-12)15-6-8-18(17)9-7-15/h4-5,10,14,16H,1-3,6-9H2. The van der Waals surface area contributed by atoms with Crippen LogP contribution >= 0.6 is 0 Å². The first-order valence-corrected chi connectivity index (χ1v) is 8.13. The van der Waals surface area contributed by atoms with Crippen LogP contribution in [0.3, 0.4) is 0 Å². The number of aromatic hydroxyl groups is 1. The van der Waals surface area contributed by atoms with Crippen molar-refractivity contribution in [2.24, 2.45) is 0 Å². The second-order valence-corrected chi connectivity index (χ2v) is 6.87. The number of hydrogen-bond donors (Lipinski definition) is 1. The summed E-state index contributed by atoms with van der Waals surface area (Å²) < 4.78 is 11.4. The molecule has 3 rings (SSSR count). The van der Waals surface area contributed by atoms with E-state index < -0.39 is 10.8 Å². The highest BCUT2D eigenvalue weighted by atomic mass is 32.2. The van der Waals surface area contributed by atoms with Crippen molar-refractivity contribution in [3.8, 4) is 5.75 Å². The zero-order valence-electron chi connectivity index (χ0n) is 10.5. The molecule has 0 aromatic heterocycles. The van der Waals surface area contributed by atoms with Gasteiger partial charge in [-0.1, -0.05) is 6.07 Å². The van der Waals surface area contributed by atoms with Gasteiger partial charge in [0.1, 0.15) is 5.75 Å². The van der Waals surface area contributed by atoms with E-state index in [2.05, 4.69) is 11.0 Å². The molecule has 1 heterocycles. The zero-order valence-corrected chi connectivity index (χ0v) is 11.3. The number of benzene rings is 1. The van der Waals surface area contributed by atoms with Crippen LogP contribution in [0, 0.1) is 0 Å². The van der Waals surface area contributed by atoms with Gasteiger partial charge in [0, 0.05) is 41.4 Å². The van der Waals surface area contributed by atoms with E-state index in [1.807, 2.05) is 6.07 Å². The van der Waals surface area contributed by atoms with Crippen LogP contribution in [0.2, 0.25) is 0 Å². The molecule has 4 heteroatoms. The highest BCUT2D eigenvalue weighted by Crippen LogP contribution is 2.36. The lowest BCUT2D eigenvalue weighted by molar-refractivity contribution is 0.195. The molecule has 1 aromatic rings. The van der Waals surface area contributed by atoms with Gasteiger partial charge in [-0.05, 0) is 42.5 Å². The van der Waals surface area contributed by atoms with Gasteiger partial charge in [0.25, 0.3) is 0 Å². The van der Waals surface area contributed by atoms with Gasteiger partial charge in [0.05, 0.1) is 0 Å². The summed E-state index contributed by atoms with van der Waals surface area (Å²) in [6.07, 6.45) is 3.48. The average Bonchev–Trinajstić information content (AvgIpc) is 2.39. The Morgan fingerprint density at radius 1 is 1.28 bits per heavy atom. The lowest BCUT2D eigenvalue weighted by Gasteiger charge is -2.37. The van der Waals surface area contributed by atoms with Gasteiger partial charge in [-0.2, -0.15) is 0 Å². The Balaban J connectivity index is 1.86. The molecule has 0 saturated carbocycles. The molecular weight excluding hydrogens is 246 g/mol. The van der Waals surface area contributed by atoms with E-state index in [-0.39, 0.29) is 0 Å². The van der Waals surface area contributed by atoms with Gasteiger partial charge >= 0.3 is 0 Å². The van der Waals surface area contributed by atoms with Crippen molar-refractivity contribution >= 4 is 10.8 Å². The molecule has 1 saturated heterocycles. The van der Waals surface area contributed by atoms with E-state index in [0.29, 0.717) is 11.8 Å². The highest BCUT2D eigenvalue weighted by molar-refractivity contribution is 7.85. The van der Waals surface area contributed by atoms with Crippen molar-refractivity contribution in [2.75, 3.05) is 24.6 Å². The summed E-state index contributed by atoms with van der Waals surface area (Å²) in [5.41, 5.74) is 2.66. The number of hydrogen-bond acceptors (Lipinski definition) is 3. The first kappa shape index (κ1) is 12.2. The Kier molecular flexibility index (Phi) is 3.39. The van der Waals surface area contributed by atoms with Gasteiger partial charge in [-0.15, -0.1) is 0 Å². The lowest BCUT2D eigenvalue weighted by atomic mass is 9.86. The minimum Gasteiger partial charge on any atom is -0.508 e. The highest BCUT2D eigenvalue weighted by Gasteiger charge is 2.28. The van der Waals surface area contributed by atoms with Crippen LogP contribution in [-0.4, -0.2) is 38.8 Å². The number of phenolic OH excluding ortho intramolecular Hbond substituents is 1. The summed E-state index contributed by atoms with van der Waals surface area (Å²) in [6, 6.07) is 6.18. The maximum absolute atomic E-state index is 11.4. The molecule has 1 aromatic carbocycles. The van der Waals surface area contributed by atoms with Crippen LogP contribution in [-0.2, 0) is 17.2 Å². The molecule has 0 amide bonds. The minimum absolute atomic E-state index is 0.362. The summed E-state index contributed by atoms with van der Waals surface area (Å²) in [4.78, 5) is 2.44. The van der Waals surface area contributed by atoms with Crippen LogP contribution in [0.1, 0.15) is 30.0 Å². The lowest BCUT2D eigenvalue weighted by Crippen LogP contribution is -2.41. The van der Waals surface area contributed by atoms with Crippen LogP contribution in [0.25, 0.3) is 0 Å². The molecule has 0 spiro atoms. The van der Waals surface area contributed by atoms with Crippen molar-refractivity contribution in [3.05, 3.63) is 29.3 Å². The van der Waals surface area contributed by atoms with Crippen molar-refractivity contribution in [2.45, 2.75) is 25.3 Å². The van der Waals surface area contributed by atoms with Crippen molar-refractivity contribution in [3.63, 3.8) is 0 Å². The van der Waals surface area contributed by atoms with Crippen LogP contribution < -0.4 is 0 Å². The molecular formula is C14H19NO2S. The third kappa shape index (κ3) is 2.31. The largest absolute Gasteiger partial charge is 0.508 e. The molecule has 18 heavy (non-hydrogen) atoms. The van der Waals surface area contributed by atoms with Gasteiger partial charge in [-0.3, -0.25) is 9.11 Å². The fourth-order valence-corrected chi connectivity index (χ4v) is 4.18. The molecule has 1 aliphatic carbocycles. The molecule has 0 radical (unpaired) electrons.